The highest BCUT2D eigenvalue weighted by Gasteiger charge is 2.25. The molecule has 3 N–H and O–H groups in total. The monoisotopic (exact) mass is 270 g/mol. The van der Waals surface area contributed by atoms with Crippen LogP contribution in [0, 0.1) is 13.8 Å². The number of aryl methyl sites for hydroxylation is 1. The standard InChI is InChI=1S/C12H18N2O3S/c1-8-5-10(13)6-12(9(8)2)18(15,16)14-11-3-4-17-7-11/h5-6,11,14H,3-4,7,13H2,1-2H3. The predicted molar refractivity (Wildman–Crippen MR) is 69.9 cm³/mol. The van der Waals surface area contributed by atoms with Crippen LogP contribution in [-0.2, 0) is 14.8 Å². The highest BCUT2D eigenvalue weighted by atomic mass is 32.2. The first kappa shape index (κ1) is 13.3. The van der Waals surface area contributed by atoms with E-state index in [0.29, 0.717) is 25.3 Å². The van der Waals surface area contributed by atoms with Gasteiger partial charge in [-0.15, -0.1) is 0 Å². The molecular formula is C12H18N2O3S. The number of benzene rings is 1. The summed E-state index contributed by atoms with van der Waals surface area (Å²) in [6, 6.07) is 3.13. The molecular weight excluding hydrogens is 252 g/mol. The van der Waals surface area contributed by atoms with Gasteiger partial charge in [-0.25, -0.2) is 13.1 Å². The van der Waals surface area contributed by atoms with Crippen molar-refractivity contribution in [3.63, 3.8) is 0 Å². The Morgan fingerprint density at radius 1 is 1.39 bits per heavy atom. The summed E-state index contributed by atoms with van der Waals surface area (Å²) in [6.45, 7) is 4.67. The molecule has 1 aliphatic heterocycles. The number of nitrogens with one attached hydrogen (secondary N) is 1. The first-order valence-electron chi connectivity index (χ1n) is 5.87. The van der Waals surface area contributed by atoms with Crippen LogP contribution in [0.25, 0.3) is 0 Å². The summed E-state index contributed by atoms with van der Waals surface area (Å²) in [4.78, 5) is 0.256. The molecule has 1 atom stereocenters. The molecule has 0 amide bonds. The van der Waals surface area contributed by atoms with Crippen LogP contribution in [0.4, 0.5) is 5.69 Å². The molecule has 0 aromatic heterocycles. The van der Waals surface area contributed by atoms with Gasteiger partial charge in [-0.1, -0.05) is 0 Å². The maximum absolute atomic E-state index is 12.3. The zero-order chi connectivity index (χ0) is 13.3. The summed E-state index contributed by atoms with van der Waals surface area (Å²) in [7, 11) is -3.53. The van der Waals surface area contributed by atoms with Gasteiger partial charge in [0.25, 0.3) is 0 Å². The molecule has 18 heavy (non-hydrogen) atoms. The number of ether oxygens (including phenoxy) is 1. The first-order chi connectivity index (χ1) is 8.40. The van der Waals surface area contributed by atoms with Crippen molar-refractivity contribution in [1.82, 2.24) is 4.72 Å². The molecule has 2 rings (SSSR count). The van der Waals surface area contributed by atoms with Gasteiger partial charge >= 0.3 is 0 Å². The maximum atomic E-state index is 12.3. The van der Waals surface area contributed by atoms with Crippen LogP contribution in [0.3, 0.4) is 0 Å². The van der Waals surface area contributed by atoms with Gasteiger partial charge < -0.3 is 10.5 Å². The van der Waals surface area contributed by atoms with E-state index in [1.165, 1.54) is 6.07 Å². The fourth-order valence-corrected chi connectivity index (χ4v) is 3.65. The summed E-state index contributed by atoms with van der Waals surface area (Å²) in [5.41, 5.74) is 7.78. The summed E-state index contributed by atoms with van der Waals surface area (Å²) >= 11 is 0. The number of hydrogen-bond acceptors (Lipinski definition) is 4. The van der Waals surface area contributed by atoms with E-state index in [0.717, 1.165) is 11.1 Å². The molecule has 1 saturated heterocycles. The van der Waals surface area contributed by atoms with Crippen molar-refractivity contribution in [2.24, 2.45) is 0 Å². The summed E-state index contributed by atoms with van der Waals surface area (Å²) < 4.78 is 32.4. The number of rotatable bonds is 3. The van der Waals surface area contributed by atoms with E-state index in [1.54, 1.807) is 13.0 Å². The Morgan fingerprint density at radius 3 is 2.72 bits per heavy atom. The van der Waals surface area contributed by atoms with Crippen molar-refractivity contribution < 1.29 is 13.2 Å². The minimum Gasteiger partial charge on any atom is -0.399 e. The molecule has 0 saturated carbocycles. The lowest BCUT2D eigenvalue weighted by molar-refractivity contribution is 0.192. The molecule has 5 nitrogen and oxygen atoms in total. The predicted octanol–water partition coefficient (Wildman–Crippen LogP) is 0.953. The second-order valence-corrected chi connectivity index (χ2v) is 6.33. The van der Waals surface area contributed by atoms with E-state index in [-0.39, 0.29) is 10.9 Å². The number of sulfonamides is 1. The van der Waals surface area contributed by atoms with Gasteiger partial charge in [-0.2, -0.15) is 0 Å². The van der Waals surface area contributed by atoms with Gasteiger partial charge in [-0.3, -0.25) is 0 Å². The molecule has 6 heteroatoms. The van der Waals surface area contributed by atoms with Crippen LogP contribution in [0.5, 0.6) is 0 Å². The van der Waals surface area contributed by atoms with Crippen molar-refractivity contribution in [2.45, 2.75) is 31.2 Å². The van der Waals surface area contributed by atoms with Gasteiger partial charge in [0.05, 0.1) is 11.5 Å². The SMILES string of the molecule is Cc1cc(N)cc(S(=O)(=O)NC2CCOC2)c1C. The molecule has 1 aromatic rings. The van der Waals surface area contributed by atoms with Gasteiger partial charge in [-0.05, 0) is 43.5 Å². The third kappa shape index (κ3) is 2.66. The van der Waals surface area contributed by atoms with Crippen molar-refractivity contribution in [3.8, 4) is 0 Å². The van der Waals surface area contributed by atoms with Crippen LogP contribution < -0.4 is 10.5 Å². The van der Waals surface area contributed by atoms with Gasteiger partial charge in [0, 0.05) is 18.3 Å². The van der Waals surface area contributed by atoms with Crippen LogP contribution in [-0.4, -0.2) is 27.7 Å². The highest BCUT2D eigenvalue weighted by molar-refractivity contribution is 7.89. The molecule has 1 aromatic carbocycles. The Kier molecular flexibility index (Phi) is 3.61. The summed E-state index contributed by atoms with van der Waals surface area (Å²) in [5.74, 6) is 0. The van der Waals surface area contributed by atoms with Crippen molar-refractivity contribution in [1.29, 1.82) is 0 Å². The van der Waals surface area contributed by atoms with Crippen LogP contribution >= 0.6 is 0 Å². The number of hydrogen-bond donors (Lipinski definition) is 2. The lowest BCUT2D eigenvalue weighted by atomic mass is 10.1. The molecule has 100 valence electrons. The first-order valence-corrected chi connectivity index (χ1v) is 7.35. The van der Waals surface area contributed by atoms with E-state index in [9.17, 15) is 8.42 Å². The Labute approximate surface area is 107 Å². The van der Waals surface area contributed by atoms with E-state index >= 15 is 0 Å². The molecule has 0 spiro atoms. The minimum atomic E-state index is -3.53. The molecule has 0 radical (unpaired) electrons. The van der Waals surface area contributed by atoms with E-state index < -0.39 is 10.0 Å². The molecule has 1 fully saturated rings. The van der Waals surface area contributed by atoms with E-state index in [4.69, 9.17) is 10.5 Å². The zero-order valence-corrected chi connectivity index (χ0v) is 11.4. The van der Waals surface area contributed by atoms with E-state index in [2.05, 4.69) is 4.72 Å². The van der Waals surface area contributed by atoms with Crippen molar-refractivity contribution in [2.75, 3.05) is 18.9 Å². The Morgan fingerprint density at radius 2 is 2.11 bits per heavy atom. The van der Waals surface area contributed by atoms with Gasteiger partial charge in [0.1, 0.15) is 0 Å². The smallest absolute Gasteiger partial charge is 0.241 e. The fraction of sp³-hybridized carbons (Fsp3) is 0.500. The average molecular weight is 270 g/mol. The van der Waals surface area contributed by atoms with Crippen molar-refractivity contribution >= 4 is 15.7 Å². The molecule has 1 unspecified atom stereocenters. The lowest BCUT2D eigenvalue weighted by Gasteiger charge is -2.15. The lowest BCUT2D eigenvalue weighted by Crippen LogP contribution is -2.35. The highest BCUT2D eigenvalue weighted by Crippen LogP contribution is 2.23. The third-order valence-electron chi connectivity index (χ3n) is 3.18. The Hall–Kier alpha value is -1.11. The van der Waals surface area contributed by atoms with Gasteiger partial charge in [0.15, 0.2) is 0 Å². The minimum absolute atomic E-state index is 0.142. The van der Waals surface area contributed by atoms with Crippen LogP contribution in [0.2, 0.25) is 0 Å². The topological polar surface area (TPSA) is 81.4 Å². The Bertz CT molecular complexity index is 549. The number of nitrogens with two attached hydrogens (primary N) is 1. The zero-order valence-electron chi connectivity index (χ0n) is 10.6. The summed E-state index contributed by atoms with van der Waals surface area (Å²) in [6.07, 6.45) is 0.708. The quantitative estimate of drug-likeness (QED) is 0.801. The van der Waals surface area contributed by atoms with Gasteiger partial charge in [0.2, 0.25) is 10.0 Å². The second-order valence-electron chi connectivity index (χ2n) is 4.64. The number of anilines is 1. The fourth-order valence-electron chi connectivity index (χ4n) is 2.04. The molecule has 1 heterocycles. The third-order valence-corrected chi connectivity index (χ3v) is 4.83. The second kappa shape index (κ2) is 4.87. The number of nitrogen functional groups attached to an aromatic ring is 1. The largest absolute Gasteiger partial charge is 0.399 e. The summed E-state index contributed by atoms with van der Waals surface area (Å²) in [5, 5.41) is 0. The van der Waals surface area contributed by atoms with Crippen molar-refractivity contribution in [3.05, 3.63) is 23.3 Å². The molecule has 0 aliphatic carbocycles. The van der Waals surface area contributed by atoms with Crippen LogP contribution in [0.15, 0.2) is 17.0 Å². The van der Waals surface area contributed by atoms with E-state index in [1.807, 2.05) is 6.92 Å². The molecule has 1 aliphatic rings. The van der Waals surface area contributed by atoms with Crippen LogP contribution in [0.1, 0.15) is 17.5 Å². The maximum Gasteiger partial charge on any atom is 0.241 e. The normalized spacial score (nSPS) is 20.2. The average Bonchev–Trinajstić information content (AvgIpc) is 2.75. The molecule has 0 bridgehead atoms. The Balaban J connectivity index is 2.34.